The van der Waals surface area contributed by atoms with Crippen molar-refractivity contribution in [3.8, 4) is 0 Å². The predicted molar refractivity (Wildman–Crippen MR) is 88.8 cm³/mol. The minimum absolute atomic E-state index is 0.00512. The lowest BCUT2D eigenvalue weighted by Gasteiger charge is -2.36. The van der Waals surface area contributed by atoms with Gasteiger partial charge in [-0.1, -0.05) is 37.0 Å². The average Bonchev–Trinajstić information content (AvgIpc) is 2.44. The van der Waals surface area contributed by atoms with E-state index in [1.807, 2.05) is 7.05 Å². The third-order valence-corrected chi connectivity index (χ3v) is 4.78. The normalized spacial score (nSPS) is 17.5. The molecule has 0 heterocycles. The summed E-state index contributed by atoms with van der Waals surface area (Å²) >= 11 is 0. The van der Waals surface area contributed by atoms with E-state index in [-0.39, 0.29) is 11.4 Å². The first-order valence-electron chi connectivity index (χ1n) is 8.02. The Hall–Kier alpha value is -1.35. The van der Waals surface area contributed by atoms with Crippen molar-refractivity contribution in [2.45, 2.75) is 64.8 Å². The van der Waals surface area contributed by atoms with E-state index >= 15 is 0 Å². The van der Waals surface area contributed by atoms with E-state index in [4.69, 9.17) is 0 Å². The summed E-state index contributed by atoms with van der Waals surface area (Å²) in [4.78, 5) is 12.5. The summed E-state index contributed by atoms with van der Waals surface area (Å²) in [7, 11) is 1.99. The van der Waals surface area contributed by atoms with E-state index in [2.05, 4.69) is 43.5 Å². The van der Waals surface area contributed by atoms with Gasteiger partial charge in [-0.05, 0) is 51.8 Å². The first kappa shape index (κ1) is 16.0. The Morgan fingerprint density at radius 2 is 1.67 bits per heavy atom. The van der Waals surface area contributed by atoms with Crippen LogP contribution in [0.15, 0.2) is 12.1 Å². The van der Waals surface area contributed by atoms with Gasteiger partial charge >= 0.3 is 0 Å². The van der Waals surface area contributed by atoms with Crippen molar-refractivity contribution in [2.75, 3.05) is 12.4 Å². The minimum Gasteiger partial charge on any atom is -0.326 e. The Morgan fingerprint density at radius 3 is 2.19 bits per heavy atom. The summed E-state index contributed by atoms with van der Waals surface area (Å²) in [5, 5.41) is 6.54. The van der Waals surface area contributed by atoms with Crippen molar-refractivity contribution in [2.24, 2.45) is 0 Å². The topological polar surface area (TPSA) is 41.1 Å². The molecule has 3 nitrogen and oxygen atoms in total. The van der Waals surface area contributed by atoms with Gasteiger partial charge in [-0.15, -0.1) is 0 Å². The molecule has 1 aromatic carbocycles. The molecule has 1 aromatic rings. The molecule has 0 unspecified atom stereocenters. The molecule has 1 aliphatic rings. The molecule has 2 rings (SSSR count). The fraction of sp³-hybridized carbons (Fsp3) is 0.611. The average molecular weight is 288 g/mol. The number of carbonyl (C=O) groups is 1. The minimum atomic E-state index is -0.00512. The van der Waals surface area contributed by atoms with Crippen LogP contribution in [0.4, 0.5) is 5.69 Å². The van der Waals surface area contributed by atoms with Gasteiger partial charge in [-0.25, -0.2) is 0 Å². The fourth-order valence-corrected chi connectivity index (χ4v) is 3.61. The third kappa shape index (κ3) is 3.85. The van der Waals surface area contributed by atoms with Gasteiger partial charge in [0.2, 0.25) is 5.91 Å². The zero-order valence-corrected chi connectivity index (χ0v) is 13.8. The van der Waals surface area contributed by atoms with E-state index in [0.29, 0.717) is 6.42 Å². The van der Waals surface area contributed by atoms with Crippen molar-refractivity contribution < 1.29 is 4.79 Å². The molecule has 0 radical (unpaired) electrons. The van der Waals surface area contributed by atoms with E-state index in [0.717, 1.165) is 29.7 Å². The first-order chi connectivity index (χ1) is 9.96. The second-order valence-electron chi connectivity index (χ2n) is 6.59. The maximum absolute atomic E-state index is 12.5. The molecule has 2 N–H and O–H groups in total. The van der Waals surface area contributed by atoms with E-state index in [1.54, 1.807) is 0 Å². The maximum atomic E-state index is 12.5. The van der Waals surface area contributed by atoms with Crippen LogP contribution in [-0.2, 0) is 4.79 Å². The van der Waals surface area contributed by atoms with Gasteiger partial charge in [0.15, 0.2) is 0 Å². The summed E-state index contributed by atoms with van der Waals surface area (Å²) in [6, 6.07) is 4.24. The SMILES string of the molecule is CNC1(CC(=O)Nc2c(C)cc(C)cc2C)CCCCC1. The molecule has 21 heavy (non-hydrogen) atoms. The largest absolute Gasteiger partial charge is 0.326 e. The summed E-state index contributed by atoms with van der Waals surface area (Å²) in [5.41, 5.74) is 4.50. The van der Waals surface area contributed by atoms with Crippen molar-refractivity contribution in [1.82, 2.24) is 5.32 Å². The smallest absolute Gasteiger partial charge is 0.226 e. The number of anilines is 1. The number of hydrogen-bond donors (Lipinski definition) is 2. The van der Waals surface area contributed by atoms with Crippen LogP contribution in [0.5, 0.6) is 0 Å². The van der Waals surface area contributed by atoms with Crippen LogP contribution in [0, 0.1) is 20.8 Å². The summed E-state index contributed by atoms with van der Waals surface area (Å²) in [6.45, 7) is 6.21. The maximum Gasteiger partial charge on any atom is 0.226 e. The number of carbonyl (C=O) groups excluding carboxylic acids is 1. The summed E-state index contributed by atoms with van der Waals surface area (Å²) < 4.78 is 0. The molecular weight excluding hydrogens is 260 g/mol. The van der Waals surface area contributed by atoms with Gasteiger partial charge < -0.3 is 10.6 Å². The summed E-state index contributed by atoms with van der Waals surface area (Å²) in [6.07, 6.45) is 6.50. The van der Waals surface area contributed by atoms with E-state index in [9.17, 15) is 4.79 Å². The number of rotatable bonds is 4. The zero-order chi connectivity index (χ0) is 15.5. The molecule has 0 aromatic heterocycles. The standard InChI is InChI=1S/C18H28N2O/c1-13-10-14(2)17(15(3)11-13)20-16(21)12-18(19-4)8-6-5-7-9-18/h10-11,19H,5-9,12H2,1-4H3,(H,20,21). The van der Waals surface area contributed by atoms with Crippen LogP contribution >= 0.6 is 0 Å². The lowest BCUT2D eigenvalue weighted by Crippen LogP contribution is -2.47. The highest BCUT2D eigenvalue weighted by Crippen LogP contribution is 2.31. The quantitative estimate of drug-likeness (QED) is 0.883. The monoisotopic (exact) mass is 288 g/mol. The van der Waals surface area contributed by atoms with Crippen molar-refractivity contribution in [3.05, 3.63) is 28.8 Å². The molecule has 1 fully saturated rings. The molecule has 0 atom stereocenters. The number of hydrogen-bond acceptors (Lipinski definition) is 2. The molecule has 1 amide bonds. The van der Waals surface area contributed by atoms with Gasteiger partial charge in [0.05, 0.1) is 0 Å². The highest BCUT2D eigenvalue weighted by atomic mass is 16.1. The lowest BCUT2D eigenvalue weighted by molar-refractivity contribution is -0.117. The second kappa shape index (κ2) is 6.61. The van der Waals surface area contributed by atoms with Crippen LogP contribution in [0.2, 0.25) is 0 Å². The van der Waals surface area contributed by atoms with Crippen LogP contribution < -0.4 is 10.6 Å². The van der Waals surface area contributed by atoms with Gasteiger partial charge in [-0.2, -0.15) is 0 Å². The Labute approximate surface area is 128 Å². The molecule has 1 aliphatic carbocycles. The van der Waals surface area contributed by atoms with E-state index in [1.165, 1.54) is 24.8 Å². The molecule has 3 heteroatoms. The highest BCUT2D eigenvalue weighted by molar-refractivity contribution is 5.93. The highest BCUT2D eigenvalue weighted by Gasteiger charge is 2.32. The van der Waals surface area contributed by atoms with Crippen molar-refractivity contribution >= 4 is 11.6 Å². The molecule has 0 spiro atoms. The molecule has 0 bridgehead atoms. The van der Waals surface area contributed by atoms with Crippen LogP contribution in [0.3, 0.4) is 0 Å². The van der Waals surface area contributed by atoms with Gasteiger partial charge in [-0.3, -0.25) is 4.79 Å². The molecule has 0 saturated heterocycles. The number of benzene rings is 1. The van der Waals surface area contributed by atoms with Gasteiger partial charge in [0.25, 0.3) is 0 Å². The fourth-order valence-electron chi connectivity index (χ4n) is 3.61. The lowest BCUT2D eigenvalue weighted by atomic mass is 9.79. The van der Waals surface area contributed by atoms with Gasteiger partial charge in [0.1, 0.15) is 0 Å². The number of amides is 1. The zero-order valence-electron chi connectivity index (χ0n) is 13.8. The van der Waals surface area contributed by atoms with Crippen molar-refractivity contribution in [1.29, 1.82) is 0 Å². The Kier molecular flexibility index (Phi) is 5.04. The molecule has 1 saturated carbocycles. The molecule has 116 valence electrons. The first-order valence-corrected chi connectivity index (χ1v) is 8.02. The third-order valence-electron chi connectivity index (χ3n) is 4.78. The number of nitrogens with one attached hydrogen (secondary N) is 2. The Bertz CT molecular complexity index is 493. The van der Waals surface area contributed by atoms with E-state index < -0.39 is 0 Å². The second-order valence-corrected chi connectivity index (χ2v) is 6.59. The molecule has 0 aliphatic heterocycles. The Morgan fingerprint density at radius 1 is 1.10 bits per heavy atom. The van der Waals surface area contributed by atoms with Crippen LogP contribution in [0.1, 0.15) is 55.2 Å². The van der Waals surface area contributed by atoms with Crippen LogP contribution in [0.25, 0.3) is 0 Å². The summed E-state index contributed by atoms with van der Waals surface area (Å²) in [5.74, 6) is 0.126. The Balaban J connectivity index is 2.08. The number of aryl methyl sites for hydroxylation is 3. The van der Waals surface area contributed by atoms with Crippen molar-refractivity contribution in [3.63, 3.8) is 0 Å². The predicted octanol–water partition coefficient (Wildman–Crippen LogP) is 3.86. The van der Waals surface area contributed by atoms with Gasteiger partial charge in [0, 0.05) is 17.6 Å². The molecular formula is C18H28N2O. The van der Waals surface area contributed by atoms with Crippen LogP contribution in [-0.4, -0.2) is 18.5 Å².